The zero-order valence-electron chi connectivity index (χ0n) is 10.4. The van der Waals surface area contributed by atoms with Crippen LogP contribution in [0.4, 0.5) is 0 Å². The summed E-state index contributed by atoms with van der Waals surface area (Å²) in [5, 5.41) is 8.85. The molecule has 0 aromatic heterocycles. The minimum Gasteiger partial charge on any atom is -0.480 e. The molecule has 1 atom stereocenters. The number of nitrogens with two attached hydrogens (primary N) is 1. The molecule has 3 N–H and O–H groups in total. The Morgan fingerprint density at radius 2 is 1.88 bits per heavy atom. The third-order valence-corrected chi connectivity index (χ3v) is 2.99. The van der Waals surface area contributed by atoms with Crippen molar-refractivity contribution in [3.8, 4) is 0 Å². The first kappa shape index (κ1) is 13.7. The number of aliphatic carboxylic acids is 1. The Balaban J connectivity index is 2.15. The smallest absolute Gasteiger partial charge is 0.323 e. The number of hydrogen-bond acceptors (Lipinski definition) is 2. The predicted molar refractivity (Wildman–Crippen MR) is 68.8 cm³/mol. The summed E-state index contributed by atoms with van der Waals surface area (Å²) in [6.45, 7) is 1.58. The fraction of sp³-hybridized carbons (Fsp3) is 0.500. The van der Waals surface area contributed by atoms with Gasteiger partial charge in [0.05, 0.1) is 0 Å². The van der Waals surface area contributed by atoms with E-state index in [0.29, 0.717) is 6.42 Å². The number of carbonyl (C=O) groups is 1. The lowest BCUT2D eigenvalue weighted by atomic mass is 9.95. The summed E-state index contributed by atoms with van der Waals surface area (Å²) in [6.07, 6.45) is 4.56. The number of aryl methyl sites for hydroxylation is 1. The van der Waals surface area contributed by atoms with Gasteiger partial charge in [-0.05, 0) is 31.7 Å². The highest BCUT2D eigenvalue weighted by atomic mass is 16.4. The van der Waals surface area contributed by atoms with E-state index < -0.39 is 11.5 Å². The fourth-order valence-corrected chi connectivity index (χ4v) is 1.75. The summed E-state index contributed by atoms with van der Waals surface area (Å²) in [6, 6.07) is 10.3. The summed E-state index contributed by atoms with van der Waals surface area (Å²) >= 11 is 0. The molecule has 0 saturated heterocycles. The Bertz CT molecular complexity index is 346. The molecule has 0 fully saturated rings. The molecule has 0 amide bonds. The highest BCUT2D eigenvalue weighted by Gasteiger charge is 2.26. The topological polar surface area (TPSA) is 63.3 Å². The van der Waals surface area contributed by atoms with E-state index in [1.54, 1.807) is 6.92 Å². The summed E-state index contributed by atoms with van der Waals surface area (Å²) in [4.78, 5) is 10.8. The van der Waals surface area contributed by atoms with E-state index in [2.05, 4.69) is 12.1 Å². The zero-order chi connectivity index (χ0) is 12.7. The van der Waals surface area contributed by atoms with Gasteiger partial charge in [-0.25, -0.2) is 0 Å². The molecule has 0 aliphatic heterocycles. The van der Waals surface area contributed by atoms with Crippen LogP contribution in [-0.4, -0.2) is 16.6 Å². The summed E-state index contributed by atoms with van der Waals surface area (Å²) in [7, 11) is 0. The van der Waals surface area contributed by atoms with Crippen LogP contribution >= 0.6 is 0 Å². The van der Waals surface area contributed by atoms with Gasteiger partial charge in [0.2, 0.25) is 0 Å². The van der Waals surface area contributed by atoms with Crippen LogP contribution < -0.4 is 5.73 Å². The van der Waals surface area contributed by atoms with E-state index in [1.807, 2.05) is 18.2 Å². The van der Waals surface area contributed by atoms with Crippen LogP contribution in [0.5, 0.6) is 0 Å². The molecule has 0 radical (unpaired) electrons. The van der Waals surface area contributed by atoms with Crippen LogP contribution in [0, 0.1) is 0 Å². The highest BCUT2D eigenvalue weighted by molar-refractivity contribution is 5.77. The Labute approximate surface area is 103 Å². The lowest BCUT2D eigenvalue weighted by molar-refractivity contribution is -0.142. The quantitative estimate of drug-likeness (QED) is 0.714. The maximum atomic E-state index is 10.8. The molecule has 0 aliphatic carbocycles. The number of unbranched alkanes of at least 4 members (excludes halogenated alkanes) is 2. The first-order valence-corrected chi connectivity index (χ1v) is 6.08. The zero-order valence-corrected chi connectivity index (χ0v) is 10.4. The molecule has 0 spiro atoms. The van der Waals surface area contributed by atoms with Crippen molar-refractivity contribution in [3.05, 3.63) is 35.9 Å². The maximum absolute atomic E-state index is 10.8. The van der Waals surface area contributed by atoms with Gasteiger partial charge in [-0.2, -0.15) is 0 Å². The van der Waals surface area contributed by atoms with Gasteiger partial charge in [-0.1, -0.05) is 43.2 Å². The number of rotatable bonds is 7. The van der Waals surface area contributed by atoms with Gasteiger partial charge in [-0.3, -0.25) is 4.79 Å². The number of benzene rings is 1. The van der Waals surface area contributed by atoms with Crippen LogP contribution in [0.2, 0.25) is 0 Å². The molecule has 0 aliphatic rings. The average Bonchev–Trinajstić information content (AvgIpc) is 2.29. The molecule has 0 unspecified atom stereocenters. The number of carboxylic acid groups (broad SMARTS) is 1. The number of hydrogen-bond donors (Lipinski definition) is 2. The SMILES string of the molecule is C[C@](N)(CCCCCc1ccccc1)C(=O)O. The second-order valence-corrected chi connectivity index (χ2v) is 4.77. The van der Waals surface area contributed by atoms with Gasteiger partial charge in [0, 0.05) is 0 Å². The lowest BCUT2D eigenvalue weighted by Gasteiger charge is -2.18. The highest BCUT2D eigenvalue weighted by Crippen LogP contribution is 2.13. The summed E-state index contributed by atoms with van der Waals surface area (Å²) in [5.41, 5.74) is 5.91. The molecule has 3 nitrogen and oxygen atoms in total. The molecule has 0 saturated carbocycles. The Morgan fingerprint density at radius 1 is 1.24 bits per heavy atom. The molecule has 94 valence electrons. The maximum Gasteiger partial charge on any atom is 0.323 e. The molecule has 17 heavy (non-hydrogen) atoms. The van der Waals surface area contributed by atoms with Crippen LogP contribution in [0.15, 0.2) is 30.3 Å². The van der Waals surface area contributed by atoms with Gasteiger partial charge in [-0.15, -0.1) is 0 Å². The van der Waals surface area contributed by atoms with Crippen molar-refractivity contribution in [2.45, 2.75) is 44.6 Å². The van der Waals surface area contributed by atoms with E-state index in [4.69, 9.17) is 10.8 Å². The number of carboxylic acids is 1. The normalized spacial score (nSPS) is 14.2. The van der Waals surface area contributed by atoms with E-state index in [0.717, 1.165) is 25.7 Å². The van der Waals surface area contributed by atoms with Crippen molar-refractivity contribution >= 4 is 5.97 Å². The first-order valence-electron chi connectivity index (χ1n) is 6.08. The molecular formula is C14H21NO2. The fourth-order valence-electron chi connectivity index (χ4n) is 1.75. The standard InChI is InChI=1S/C14H21NO2/c1-14(15,13(16)17)11-7-3-6-10-12-8-4-2-5-9-12/h2,4-5,8-9H,3,6-7,10-11,15H2,1H3,(H,16,17)/t14-/m0/s1. The van der Waals surface area contributed by atoms with Crippen LogP contribution in [0.3, 0.4) is 0 Å². The van der Waals surface area contributed by atoms with Crippen molar-refractivity contribution < 1.29 is 9.90 Å². The molecule has 1 aromatic rings. The molecular weight excluding hydrogens is 214 g/mol. The third kappa shape index (κ3) is 5.00. The molecule has 1 aromatic carbocycles. The van der Waals surface area contributed by atoms with E-state index in [-0.39, 0.29) is 0 Å². The second-order valence-electron chi connectivity index (χ2n) is 4.77. The largest absolute Gasteiger partial charge is 0.480 e. The minimum absolute atomic E-state index is 0.539. The van der Waals surface area contributed by atoms with Crippen molar-refractivity contribution in [1.82, 2.24) is 0 Å². The van der Waals surface area contributed by atoms with Crippen molar-refractivity contribution in [2.24, 2.45) is 5.73 Å². The molecule has 0 bridgehead atoms. The Morgan fingerprint density at radius 3 is 2.47 bits per heavy atom. The van der Waals surface area contributed by atoms with Crippen molar-refractivity contribution in [3.63, 3.8) is 0 Å². The van der Waals surface area contributed by atoms with Gasteiger partial charge in [0.1, 0.15) is 5.54 Å². The van der Waals surface area contributed by atoms with Crippen LogP contribution in [-0.2, 0) is 11.2 Å². The second kappa shape index (κ2) is 6.40. The van der Waals surface area contributed by atoms with Gasteiger partial charge >= 0.3 is 5.97 Å². The van der Waals surface area contributed by atoms with Crippen molar-refractivity contribution in [2.75, 3.05) is 0 Å². The van der Waals surface area contributed by atoms with Crippen molar-refractivity contribution in [1.29, 1.82) is 0 Å². The van der Waals surface area contributed by atoms with Gasteiger partial charge in [0.25, 0.3) is 0 Å². The van der Waals surface area contributed by atoms with Crippen LogP contribution in [0.1, 0.15) is 38.2 Å². The van der Waals surface area contributed by atoms with E-state index in [9.17, 15) is 4.79 Å². The molecule has 3 heteroatoms. The predicted octanol–water partition coefficient (Wildman–Crippen LogP) is 2.59. The first-order chi connectivity index (χ1) is 8.02. The molecule has 1 rings (SSSR count). The third-order valence-electron chi connectivity index (χ3n) is 2.99. The Hall–Kier alpha value is -1.35. The summed E-state index contributed by atoms with van der Waals surface area (Å²) in [5.74, 6) is -0.916. The Kier molecular flexibility index (Phi) is 5.16. The van der Waals surface area contributed by atoms with Gasteiger partial charge in [0.15, 0.2) is 0 Å². The lowest BCUT2D eigenvalue weighted by Crippen LogP contribution is -2.44. The van der Waals surface area contributed by atoms with E-state index >= 15 is 0 Å². The monoisotopic (exact) mass is 235 g/mol. The van der Waals surface area contributed by atoms with Gasteiger partial charge < -0.3 is 10.8 Å². The van der Waals surface area contributed by atoms with Crippen LogP contribution in [0.25, 0.3) is 0 Å². The van der Waals surface area contributed by atoms with E-state index in [1.165, 1.54) is 5.56 Å². The summed E-state index contributed by atoms with van der Waals surface area (Å²) < 4.78 is 0. The molecule has 0 heterocycles. The minimum atomic E-state index is -1.08. The average molecular weight is 235 g/mol.